The van der Waals surface area contributed by atoms with Gasteiger partial charge in [-0.3, -0.25) is 44.7 Å². The highest BCUT2D eigenvalue weighted by atomic mass is 16.6. The van der Waals surface area contributed by atoms with Gasteiger partial charge < -0.3 is 5.32 Å². The van der Waals surface area contributed by atoms with Gasteiger partial charge in [-0.1, -0.05) is 36.4 Å². The van der Waals surface area contributed by atoms with Gasteiger partial charge in [0.15, 0.2) is 5.92 Å². The second-order valence-electron chi connectivity index (χ2n) is 7.75. The number of benzene rings is 3. The topological polar surface area (TPSA) is 208 Å². The molecule has 3 aromatic carbocycles. The van der Waals surface area contributed by atoms with Crippen LogP contribution in [0.3, 0.4) is 0 Å². The van der Waals surface area contributed by atoms with Crippen LogP contribution in [0.25, 0.3) is 0 Å². The minimum atomic E-state index is -1.83. The zero-order valence-electron chi connectivity index (χ0n) is 18.9. The third-order valence-corrected chi connectivity index (χ3v) is 5.40. The molecule has 15 nitrogen and oxygen atoms in total. The molecular formula is C23H14N6O9. The van der Waals surface area contributed by atoms with E-state index in [1.807, 2.05) is 0 Å². The van der Waals surface area contributed by atoms with Crippen molar-refractivity contribution >= 4 is 51.7 Å². The summed E-state index contributed by atoms with van der Waals surface area (Å²) in [6.07, 6.45) is 0. The second kappa shape index (κ2) is 10.0. The number of non-ortho nitro benzene ring substituents is 2. The summed E-state index contributed by atoms with van der Waals surface area (Å²) in [7, 11) is 0. The van der Waals surface area contributed by atoms with Gasteiger partial charge in [-0.2, -0.15) is 10.1 Å². The van der Waals surface area contributed by atoms with Gasteiger partial charge in [0.25, 0.3) is 23.2 Å². The van der Waals surface area contributed by atoms with E-state index in [1.165, 1.54) is 30.3 Å². The molecule has 0 radical (unpaired) electrons. The number of nitrogens with zero attached hydrogens (tertiary/aromatic N) is 5. The highest BCUT2D eigenvalue weighted by Crippen LogP contribution is 2.36. The minimum absolute atomic E-state index is 0.0796. The Kier molecular flexibility index (Phi) is 6.65. The SMILES string of the molecule is O=C(Nc1cccc([N+](=O)[O-])c1)C(=O)[C@H]1C(=O)N(c2ccc([N+](=O)[O-])cc2[N+](=O)[O-])N=C1c1ccccc1. The first-order chi connectivity index (χ1) is 18.1. The lowest BCUT2D eigenvalue weighted by molar-refractivity contribution is -0.393. The van der Waals surface area contributed by atoms with Crippen molar-refractivity contribution in [2.24, 2.45) is 11.0 Å². The van der Waals surface area contributed by atoms with Gasteiger partial charge in [-0.25, -0.2) is 0 Å². The smallest absolute Gasteiger partial charge is 0.301 e. The zero-order chi connectivity index (χ0) is 27.6. The fraction of sp³-hybridized carbons (Fsp3) is 0.0435. The molecule has 3 aromatic rings. The van der Waals surface area contributed by atoms with Crippen molar-refractivity contribution in [3.63, 3.8) is 0 Å². The molecule has 0 spiro atoms. The van der Waals surface area contributed by atoms with Crippen LogP contribution in [0.5, 0.6) is 0 Å². The maximum atomic E-state index is 13.4. The molecule has 0 unspecified atom stereocenters. The van der Waals surface area contributed by atoms with Crippen LogP contribution in [0.4, 0.5) is 28.4 Å². The molecule has 0 bridgehead atoms. The van der Waals surface area contributed by atoms with Crippen molar-refractivity contribution in [3.8, 4) is 0 Å². The Hall–Kier alpha value is -5.86. The molecule has 4 rings (SSSR count). The first kappa shape index (κ1) is 25.2. The van der Waals surface area contributed by atoms with Crippen LogP contribution in [-0.4, -0.2) is 38.1 Å². The van der Waals surface area contributed by atoms with E-state index >= 15 is 0 Å². The molecule has 0 aliphatic carbocycles. The number of nitro benzene ring substituents is 3. The molecule has 0 saturated heterocycles. The highest BCUT2D eigenvalue weighted by molar-refractivity contribution is 6.51. The van der Waals surface area contributed by atoms with Gasteiger partial charge in [-0.15, -0.1) is 0 Å². The Morgan fingerprint density at radius 2 is 1.47 bits per heavy atom. The molecule has 0 aromatic heterocycles. The molecule has 15 heteroatoms. The highest BCUT2D eigenvalue weighted by Gasteiger charge is 2.46. The van der Waals surface area contributed by atoms with Crippen LogP contribution in [-0.2, 0) is 14.4 Å². The number of hydrogen-bond donors (Lipinski definition) is 1. The number of carbonyl (C=O) groups is 3. The molecule has 1 aliphatic heterocycles. The summed E-state index contributed by atoms with van der Waals surface area (Å²) < 4.78 is 0. The number of nitro groups is 3. The van der Waals surface area contributed by atoms with Crippen molar-refractivity contribution in [2.45, 2.75) is 0 Å². The van der Waals surface area contributed by atoms with E-state index in [9.17, 15) is 44.7 Å². The van der Waals surface area contributed by atoms with E-state index in [0.717, 1.165) is 18.2 Å². The van der Waals surface area contributed by atoms with Crippen molar-refractivity contribution in [1.82, 2.24) is 0 Å². The fourth-order valence-electron chi connectivity index (χ4n) is 3.67. The van der Waals surface area contributed by atoms with Gasteiger partial charge >= 0.3 is 5.69 Å². The molecule has 1 aliphatic rings. The number of hydrogen-bond acceptors (Lipinski definition) is 10. The van der Waals surface area contributed by atoms with Crippen LogP contribution in [0.2, 0.25) is 0 Å². The van der Waals surface area contributed by atoms with E-state index in [-0.39, 0.29) is 22.6 Å². The maximum Gasteiger partial charge on any atom is 0.301 e. The Morgan fingerprint density at radius 3 is 2.11 bits per heavy atom. The lowest BCUT2D eigenvalue weighted by Gasteiger charge is -2.14. The summed E-state index contributed by atoms with van der Waals surface area (Å²) in [5.41, 5.74) is -2.24. The average molecular weight is 518 g/mol. The van der Waals surface area contributed by atoms with Crippen molar-refractivity contribution < 1.29 is 29.2 Å². The predicted molar refractivity (Wildman–Crippen MR) is 130 cm³/mol. The Bertz CT molecular complexity index is 1550. The standard InChI is InChI=1S/C23H14N6O9/c30-21(22(31)24-14-7-4-8-15(11-14)27(33)34)19-20(13-5-2-1-3-6-13)25-26(23(19)32)17-10-9-16(28(35)36)12-18(17)29(37)38/h1-12,19H,(H,24,31)/t19-/m0/s1. The van der Waals surface area contributed by atoms with Gasteiger partial charge in [0, 0.05) is 23.9 Å². The molecule has 1 N–H and O–H groups in total. The van der Waals surface area contributed by atoms with Crippen LogP contribution >= 0.6 is 0 Å². The van der Waals surface area contributed by atoms with Crippen LogP contribution in [0.1, 0.15) is 5.56 Å². The molecule has 0 fully saturated rings. The largest absolute Gasteiger partial charge is 0.319 e. The van der Waals surface area contributed by atoms with E-state index in [4.69, 9.17) is 0 Å². The van der Waals surface area contributed by atoms with E-state index in [2.05, 4.69) is 10.4 Å². The van der Waals surface area contributed by atoms with Crippen molar-refractivity contribution in [2.75, 3.05) is 10.3 Å². The third-order valence-electron chi connectivity index (χ3n) is 5.40. The minimum Gasteiger partial charge on any atom is -0.319 e. The summed E-state index contributed by atoms with van der Waals surface area (Å²) in [4.78, 5) is 70.6. The summed E-state index contributed by atoms with van der Waals surface area (Å²) in [5.74, 6) is -5.51. The van der Waals surface area contributed by atoms with Crippen LogP contribution in [0, 0.1) is 36.3 Å². The normalized spacial score (nSPS) is 14.5. The fourth-order valence-corrected chi connectivity index (χ4v) is 3.67. The molecular weight excluding hydrogens is 504 g/mol. The number of ketones is 1. The number of amides is 2. The van der Waals surface area contributed by atoms with Gasteiger partial charge in [0.05, 0.1) is 26.5 Å². The first-order valence-electron chi connectivity index (χ1n) is 10.6. The number of rotatable bonds is 8. The van der Waals surface area contributed by atoms with Crippen molar-refractivity contribution in [3.05, 3.63) is 109 Å². The molecule has 1 atom stereocenters. The monoisotopic (exact) mass is 518 g/mol. The lowest BCUT2D eigenvalue weighted by atomic mass is 9.92. The number of nitrogens with one attached hydrogen (secondary N) is 1. The molecule has 0 saturated carbocycles. The Morgan fingerprint density at radius 1 is 0.816 bits per heavy atom. The average Bonchev–Trinajstić information content (AvgIpc) is 3.25. The van der Waals surface area contributed by atoms with E-state index in [0.29, 0.717) is 11.1 Å². The van der Waals surface area contributed by atoms with Gasteiger partial charge in [0.2, 0.25) is 5.78 Å². The Balaban J connectivity index is 1.74. The van der Waals surface area contributed by atoms with Crippen molar-refractivity contribution in [1.29, 1.82) is 0 Å². The third kappa shape index (κ3) is 4.78. The quantitative estimate of drug-likeness (QED) is 0.201. The summed E-state index contributed by atoms with van der Waals surface area (Å²) in [6, 6.07) is 15.1. The molecule has 190 valence electrons. The molecule has 38 heavy (non-hydrogen) atoms. The second-order valence-corrected chi connectivity index (χ2v) is 7.75. The summed E-state index contributed by atoms with van der Waals surface area (Å²) in [5, 5.41) is 40.6. The molecule has 2 amide bonds. The van der Waals surface area contributed by atoms with Crippen LogP contribution in [0.15, 0.2) is 77.9 Å². The summed E-state index contributed by atoms with van der Waals surface area (Å²) in [6.45, 7) is 0. The van der Waals surface area contributed by atoms with Crippen LogP contribution < -0.4 is 10.3 Å². The molecule has 1 heterocycles. The number of anilines is 2. The maximum absolute atomic E-state index is 13.4. The predicted octanol–water partition coefficient (Wildman–Crippen LogP) is 2.99. The van der Waals surface area contributed by atoms with E-state index in [1.54, 1.807) is 18.2 Å². The number of Topliss-reactive ketones (excluding diaryl/α,β-unsaturated/α-hetero) is 1. The van der Waals surface area contributed by atoms with Gasteiger partial charge in [-0.05, 0) is 17.7 Å². The number of carbonyl (C=O) groups excluding carboxylic acids is 3. The Labute approximate surface area is 211 Å². The number of hydrazone groups is 1. The zero-order valence-corrected chi connectivity index (χ0v) is 18.9. The lowest BCUT2D eigenvalue weighted by Crippen LogP contribution is -2.39. The van der Waals surface area contributed by atoms with Gasteiger partial charge in [0.1, 0.15) is 5.69 Å². The summed E-state index contributed by atoms with van der Waals surface area (Å²) >= 11 is 0. The first-order valence-corrected chi connectivity index (χ1v) is 10.6. The van der Waals surface area contributed by atoms with E-state index < -0.39 is 55.3 Å².